The normalized spacial score (nSPS) is 10.5. The van der Waals surface area contributed by atoms with Crippen LogP contribution in [0.5, 0.6) is 0 Å². The summed E-state index contributed by atoms with van der Waals surface area (Å²) in [7, 11) is 0. The third-order valence-electron chi connectivity index (χ3n) is 3.13. The maximum Gasteiger partial charge on any atom is 0.303 e. The lowest BCUT2D eigenvalue weighted by molar-refractivity contribution is -0.137. The summed E-state index contributed by atoms with van der Waals surface area (Å²) in [5, 5.41) is 10.6. The molecule has 0 aliphatic rings. The first kappa shape index (κ1) is 13.3. The summed E-state index contributed by atoms with van der Waals surface area (Å²) >= 11 is 0. The highest BCUT2D eigenvalue weighted by atomic mass is 16.4. The minimum atomic E-state index is -0.808. The summed E-state index contributed by atoms with van der Waals surface area (Å²) in [6.45, 7) is 0. The fraction of sp³-hybridized carbons (Fsp3) is 0.250. The molecule has 0 aliphatic carbocycles. The van der Waals surface area contributed by atoms with E-state index in [2.05, 4.69) is 0 Å². The van der Waals surface area contributed by atoms with Gasteiger partial charge in [-0.25, -0.2) is 0 Å². The Kier molecular flexibility index (Phi) is 4.29. The van der Waals surface area contributed by atoms with E-state index in [0.717, 1.165) is 16.3 Å². The Labute approximate surface area is 111 Å². The highest BCUT2D eigenvalue weighted by Gasteiger charge is 2.09. The molecule has 0 spiro atoms. The SMILES string of the molecule is O=C(O)CCCCC(=O)c1cccc2ccccc12. The van der Waals surface area contributed by atoms with Crippen molar-refractivity contribution in [3.05, 3.63) is 48.0 Å². The van der Waals surface area contributed by atoms with Gasteiger partial charge < -0.3 is 5.11 Å². The van der Waals surface area contributed by atoms with Crippen LogP contribution in [0.1, 0.15) is 36.0 Å². The number of carbonyl (C=O) groups is 2. The molecule has 0 heterocycles. The fourth-order valence-corrected chi connectivity index (χ4v) is 2.17. The molecule has 2 aromatic carbocycles. The third kappa shape index (κ3) is 3.41. The van der Waals surface area contributed by atoms with Crippen molar-refractivity contribution in [2.75, 3.05) is 0 Å². The van der Waals surface area contributed by atoms with E-state index < -0.39 is 5.97 Å². The largest absolute Gasteiger partial charge is 0.481 e. The van der Waals surface area contributed by atoms with Crippen LogP contribution in [0.25, 0.3) is 10.8 Å². The predicted molar refractivity (Wildman–Crippen MR) is 74.4 cm³/mol. The molecule has 2 rings (SSSR count). The average Bonchev–Trinajstić information content (AvgIpc) is 2.42. The minimum absolute atomic E-state index is 0.0854. The van der Waals surface area contributed by atoms with Crippen LogP contribution >= 0.6 is 0 Å². The first-order chi connectivity index (χ1) is 9.18. The molecular formula is C16H16O3. The van der Waals surface area contributed by atoms with Crippen molar-refractivity contribution in [2.24, 2.45) is 0 Å². The number of carboxylic acid groups (broad SMARTS) is 1. The van der Waals surface area contributed by atoms with Crippen molar-refractivity contribution in [1.29, 1.82) is 0 Å². The second-order valence-electron chi connectivity index (χ2n) is 4.55. The average molecular weight is 256 g/mol. The van der Waals surface area contributed by atoms with Gasteiger partial charge >= 0.3 is 5.97 Å². The summed E-state index contributed by atoms with van der Waals surface area (Å²) in [6.07, 6.45) is 1.70. The lowest BCUT2D eigenvalue weighted by Crippen LogP contribution is -2.01. The van der Waals surface area contributed by atoms with Gasteiger partial charge in [-0.15, -0.1) is 0 Å². The summed E-state index contributed by atoms with van der Waals surface area (Å²) in [6, 6.07) is 13.5. The molecule has 0 saturated carbocycles. The summed E-state index contributed by atoms with van der Waals surface area (Å²) in [5.41, 5.74) is 0.730. The lowest BCUT2D eigenvalue weighted by atomic mass is 9.98. The molecule has 19 heavy (non-hydrogen) atoms. The van der Waals surface area contributed by atoms with E-state index in [1.807, 2.05) is 42.5 Å². The molecule has 0 bridgehead atoms. The molecule has 3 nitrogen and oxygen atoms in total. The number of rotatable bonds is 6. The number of aliphatic carboxylic acids is 1. The van der Waals surface area contributed by atoms with Crippen LogP contribution in [0.2, 0.25) is 0 Å². The second kappa shape index (κ2) is 6.14. The zero-order valence-corrected chi connectivity index (χ0v) is 10.6. The number of fused-ring (bicyclic) bond motifs is 1. The van der Waals surface area contributed by atoms with Crippen LogP contribution in [0.3, 0.4) is 0 Å². The Hall–Kier alpha value is -2.16. The summed E-state index contributed by atoms with van der Waals surface area (Å²) in [5.74, 6) is -0.722. The molecule has 0 aliphatic heterocycles. The fourth-order valence-electron chi connectivity index (χ4n) is 2.17. The lowest BCUT2D eigenvalue weighted by Gasteiger charge is -2.05. The van der Waals surface area contributed by atoms with E-state index in [-0.39, 0.29) is 12.2 Å². The molecule has 0 saturated heterocycles. The Morgan fingerprint density at radius 1 is 0.895 bits per heavy atom. The van der Waals surface area contributed by atoms with E-state index in [1.165, 1.54) is 0 Å². The number of hydrogen-bond donors (Lipinski definition) is 1. The molecule has 3 heteroatoms. The third-order valence-corrected chi connectivity index (χ3v) is 3.13. The van der Waals surface area contributed by atoms with Crippen molar-refractivity contribution >= 4 is 22.5 Å². The molecule has 2 aromatic rings. The predicted octanol–water partition coefficient (Wildman–Crippen LogP) is 3.67. The standard InChI is InChI=1S/C16H16O3/c17-15(10-3-4-11-16(18)19)14-9-5-7-12-6-1-2-8-13(12)14/h1-2,5-9H,3-4,10-11H2,(H,18,19). The first-order valence-corrected chi connectivity index (χ1v) is 6.41. The van der Waals surface area contributed by atoms with Gasteiger partial charge in [0.1, 0.15) is 0 Å². The van der Waals surface area contributed by atoms with Gasteiger partial charge in [-0.2, -0.15) is 0 Å². The monoisotopic (exact) mass is 256 g/mol. The zero-order chi connectivity index (χ0) is 13.7. The molecule has 1 N–H and O–H groups in total. The van der Waals surface area contributed by atoms with Crippen LogP contribution < -0.4 is 0 Å². The van der Waals surface area contributed by atoms with Crippen molar-refractivity contribution in [2.45, 2.75) is 25.7 Å². The van der Waals surface area contributed by atoms with Crippen LogP contribution in [-0.2, 0) is 4.79 Å². The molecule has 98 valence electrons. The Morgan fingerprint density at radius 3 is 2.37 bits per heavy atom. The highest BCUT2D eigenvalue weighted by molar-refractivity contribution is 6.08. The Morgan fingerprint density at radius 2 is 1.58 bits per heavy atom. The molecule has 0 atom stereocenters. The van der Waals surface area contributed by atoms with Gasteiger partial charge in [0.25, 0.3) is 0 Å². The van der Waals surface area contributed by atoms with Gasteiger partial charge in [0, 0.05) is 18.4 Å². The summed E-state index contributed by atoms with van der Waals surface area (Å²) < 4.78 is 0. The van der Waals surface area contributed by atoms with E-state index in [9.17, 15) is 9.59 Å². The van der Waals surface area contributed by atoms with E-state index in [4.69, 9.17) is 5.11 Å². The Bertz CT molecular complexity index is 596. The van der Waals surface area contributed by atoms with Gasteiger partial charge in [0.05, 0.1) is 0 Å². The first-order valence-electron chi connectivity index (χ1n) is 6.41. The molecule has 0 aromatic heterocycles. The second-order valence-corrected chi connectivity index (χ2v) is 4.55. The maximum atomic E-state index is 12.2. The highest BCUT2D eigenvalue weighted by Crippen LogP contribution is 2.20. The van der Waals surface area contributed by atoms with Crippen LogP contribution in [0.4, 0.5) is 0 Å². The van der Waals surface area contributed by atoms with E-state index in [0.29, 0.717) is 19.3 Å². The van der Waals surface area contributed by atoms with Crippen molar-refractivity contribution in [3.63, 3.8) is 0 Å². The van der Waals surface area contributed by atoms with Gasteiger partial charge in [-0.3, -0.25) is 9.59 Å². The molecule has 0 unspecified atom stereocenters. The molecule has 0 radical (unpaired) electrons. The summed E-state index contributed by atoms with van der Waals surface area (Å²) in [4.78, 5) is 22.6. The molecular weight excluding hydrogens is 240 g/mol. The number of Topliss-reactive ketones (excluding diaryl/α,β-unsaturated/α-hetero) is 1. The van der Waals surface area contributed by atoms with Gasteiger partial charge in [0.2, 0.25) is 0 Å². The van der Waals surface area contributed by atoms with E-state index in [1.54, 1.807) is 0 Å². The maximum absolute atomic E-state index is 12.2. The minimum Gasteiger partial charge on any atom is -0.481 e. The van der Waals surface area contributed by atoms with Gasteiger partial charge in [-0.1, -0.05) is 42.5 Å². The Balaban J connectivity index is 2.07. The number of unbranched alkanes of at least 4 members (excludes halogenated alkanes) is 1. The number of hydrogen-bond acceptors (Lipinski definition) is 2. The van der Waals surface area contributed by atoms with Crippen molar-refractivity contribution in [3.8, 4) is 0 Å². The van der Waals surface area contributed by atoms with Crippen molar-refractivity contribution in [1.82, 2.24) is 0 Å². The van der Waals surface area contributed by atoms with Crippen molar-refractivity contribution < 1.29 is 14.7 Å². The smallest absolute Gasteiger partial charge is 0.303 e. The number of carbonyl (C=O) groups excluding carboxylic acids is 1. The zero-order valence-electron chi connectivity index (χ0n) is 10.6. The molecule has 0 amide bonds. The van der Waals surface area contributed by atoms with Crippen LogP contribution in [0.15, 0.2) is 42.5 Å². The van der Waals surface area contributed by atoms with E-state index >= 15 is 0 Å². The topological polar surface area (TPSA) is 54.4 Å². The number of carboxylic acids is 1. The number of benzene rings is 2. The van der Waals surface area contributed by atoms with Crippen LogP contribution in [0, 0.1) is 0 Å². The number of ketones is 1. The molecule has 0 fully saturated rings. The van der Waals surface area contributed by atoms with Gasteiger partial charge in [0.15, 0.2) is 5.78 Å². The quantitative estimate of drug-likeness (QED) is 0.633. The van der Waals surface area contributed by atoms with Gasteiger partial charge in [-0.05, 0) is 23.6 Å². The van der Waals surface area contributed by atoms with Crippen LogP contribution in [-0.4, -0.2) is 16.9 Å².